The van der Waals surface area contributed by atoms with Gasteiger partial charge in [-0.2, -0.15) is 0 Å². The lowest BCUT2D eigenvalue weighted by molar-refractivity contribution is 0.0696. The van der Waals surface area contributed by atoms with Gasteiger partial charge < -0.3 is 10.0 Å². The Hall–Kier alpha value is -2.36. The highest BCUT2D eigenvalue weighted by molar-refractivity contribution is 5.89. The van der Waals surface area contributed by atoms with Crippen LogP contribution in [-0.4, -0.2) is 29.7 Å². The van der Waals surface area contributed by atoms with Crippen molar-refractivity contribution in [1.29, 1.82) is 0 Å². The molecule has 4 heteroatoms. The SMILES string of the molecule is Cc1cc(N(C)CCc2ccncc2)ccc1C(=O)O. The highest BCUT2D eigenvalue weighted by Gasteiger charge is 2.09. The van der Waals surface area contributed by atoms with Gasteiger partial charge in [-0.25, -0.2) is 4.79 Å². The smallest absolute Gasteiger partial charge is 0.335 e. The Balaban J connectivity index is 2.04. The number of benzene rings is 1. The third-order valence-corrected chi connectivity index (χ3v) is 3.37. The van der Waals surface area contributed by atoms with Gasteiger partial charge >= 0.3 is 5.97 Å². The van der Waals surface area contributed by atoms with Crippen LogP contribution in [0.25, 0.3) is 0 Å². The van der Waals surface area contributed by atoms with E-state index >= 15 is 0 Å². The first-order valence-corrected chi connectivity index (χ1v) is 6.52. The molecule has 0 saturated carbocycles. The lowest BCUT2D eigenvalue weighted by Gasteiger charge is -2.20. The first-order chi connectivity index (χ1) is 9.58. The van der Waals surface area contributed by atoms with Gasteiger partial charge in [0.25, 0.3) is 0 Å². The molecule has 2 rings (SSSR count). The molecule has 0 atom stereocenters. The van der Waals surface area contributed by atoms with Crippen LogP contribution in [0.15, 0.2) is 42.7 Å². The molecular weight excluding hydrogens is 252 g/mol. The molecule has 0 unspecified atom stereocenters. The largest absolute Gasteiger partial charge is 0.478 e. The van der Waals surface area contributed by atoms with Gasteiger partial charge in [-0.1, -0.05) is 0 Å². The Morgan fingerprint density at radius 2 is 1.95 bits per heavy atom. The normalized spacial score (nSPS) is 10.3. The number of aromatic nitrogens is 1. The number of pyridine rings is 1. The summed E-state index contributed by atoms with van der Waals surface area (Å²) in [5.41, 5.74) is 3.41. The number of aromatic carboxylic acids is 1. The van der Waals surface area contributed by atoms with Crippen LogP contribution >= 0.6 is 0 Å². The monoisotopic (exact) mass is 270 g/mol. The Labute approximate surface area is 118 Å². The van der Waals surface area contributed by atoms with E-state index in [-0.39, 0.29) is 0 Å². The zero-order valence-corrected chi connectivity index (χ0v) is 11.7. The summed E-state index contributed by atoms with van der Waals surface area (Å²) in [6, 6.07) is 9.44. The van der Waals surface area contributed by atoms with Gasteiger partial charge in [0.15, 0.2) is 0 Å². The summed E-state index contributed by atoms with van der Waals surface area (Å²) < 4.78 is 0. The summed E-state index contributed by atoms with van der Waals surface area (Å²) in [6.07, 6.45) is 4.51. The maximum atomic E-state index is 11.0. The zero-order valence-electron chi connectivity index (χ0n) is 11.7. The van der Waals surface area contributed by atoms with Gasteiger partial charge in [0.05, 0.1) is 5.56 Å². The number of likely N-dealkylation sites (N-methyl/N-ethyl adjacent to an activating group) is 1. The fraction of sp³-hybridized carbons (Fsp3) is 0.250. The van der Waals surface area contributed by atoms with Crippen LogP contribution in [0.4, 0.5) is 5.69 Å². The average Bonchev–Trinajstić information content (AvgIpc) is 2.45. The van der Waals surface area contributed by atoms with E-state index in [4.69, 9.17) is 5.11 Å². The summed E-state index contributed by atoms with van der Waals surface area (Å²) in [6.45, 7) is 2.69. The standard InChI is InChI=1S/C16H18N2O2/c1-12-11-14(3-4-15(12)16(19)20)18(2)10-7-13-5-8-17-9-6-13/h3-6,8-9,11H,7,10H2,1-2H3,(H,19,20). The van der Waals surface area contributed by atoms with Crippen LogP contribution < -0.4 is 4.90 Å². The average molecular weight is 270 g/mol. The van der Waals surface area contributed by atoms with E-state index in [1.807, 2.05) is 38.2 Å². The molecule has 0 amide bonds. The molecular formula is C16H18N2O2. The minimum atomic E-state index is -0.881. The molecule has 1 heterocycles. The van der Waals surface area contributed by atoms with Gasteiger partial charge in [-0.15, -0.1) is 0 Å². The van der Waals surface area contributed by atoms with E-state index in [1.165, 1.54) is 5.56 Å². The summed E-state index contributed by atoms with van der Waals surface area (Å²) in [4.78, 5) is 17.1. The minimum absolute atomic E-state index is 0.358. The topological polar surface area (TPSA) is 53.4 Å². The van der Waals surface area contributed by atoms with Crippen molar-refractivity contribution in [2.75, 3.05) is 18.5 Å². The molecule has 0 aliphatic rings. The first-order valence-electron chi connectivity index (χ1n) is 6.52. The molecule has 0 aliphatic heterocycles. The van der Waals surface area contributed by atoms with Crippen LogP contribution in [0, 0.1) is 6.92 Å². The number of carboxylic acids is 1. The van der Waals surface area contributed by atoms with Gasteiger partial charge in [0.1, 0.15) is 0 Å². The van der Waals surface area contributed by atoms with Crippen molar-refractivity contribution in [3.63, 3.8) is 0 Å². The van der Waals surface area contributed by atoms with Crippen molar-refractivity contribution in [3.8, 4) is 0 Å². The van der Waals surface area contributed by atoms with Crippen LogP contribution in [0.2, 0.25) is 0 Å². The van der Waals surface area contributed by atoms with Crippen LogP contribution in [-0.2, 0) is 6.42 Å². The Morgan fingerprint density at radius 3 is 2.55 bits per heavy atom. The molecule has 104 valence electrons. The van der Waals surface area contributed by atoms with Crippen LogP contribution in [0.5, 0.6) is 0 Å². The Morgan fingerprint density at radius 1 is 1.25 bits per heavy atom. The van der Waals surface area contributed by atoms with E-state index in [1.54, 1.807) is 18.5 Å². The second-order valence-electron chi connectivity index (χ2n) is 4.83. The second kappa shape index (κ2) is 6.19. The van der Waals surface area contributed by atoms with E-state index < -0.39 is 5.97 Å². The second-order valence-corrected chi connectivity index (χ2v) is 4.83. The van der Waals surface area contributed by atoms with Gasteiger partial charge in [-0.05, 0) is 54.8 Å². The van der Waals surface area contributed by atoms with Gasteiger partial charge in [0.2, 0.25) is 0 Å². The summed E-state index contributed by atoms with van der Waals surface area (Å²) in [5.74, 6) is -0.881. The van der Waals surface area contributed by atoms with Crippen molar-refractivity contribution in [2.24, 2.45) is 0 Å². The number of rotatable bonds is 5. The molecule has 20 heavy (non-hydrogen) atoms. The zero-order chi connectivity index (χ0) is 14.5. The van der Waals surface area contributed by atoms with Gasteiger partial charge in [-0.3, -0.25) is 4.98 Å². The van der Waals surface area contributed by atoms with E-state index in [0.29, 0.717) is 5.56 Å². The molecule has 0 aliphatic carbocycles. The van der Waals surface area contributed by atoms with Crippen molar-refractivity contribution in [3.05, 3.63) is 59.4 Å². The predicted octanol–water partition coefficient (Wildman–Crippen LogP) is 2.77. The molecule has 0 saturated heterocycles. The van der Waals surface area contributed by atoms with Crippen molar-refractivity contribution >= 4 is 11.7 Å². The predicted molar refractivity (Wildman–Crippen MR) is 79.3 cm³/mol. The van der Waals surface area contributed by atoms with Crippen molar-refractivity contribution in [1.82, 2.24) is 4.98 Å². The highest BCUT2D eigenvalue weighted by atomic mass is 16.4. The van der Waals surface area contributed by atoms with E-state index in [2.05, 4.69) is 9.88 Å². The third-order valence-electron chi connectivity index (χ3n) is 3.37. The molecule has 1 aromatic carbocycles. The fourth-order valence-corrected chi connectivity index (χ4v) is 2.10. The van der Waals surface area contributed by atoms with Crippen molar-refractivity contribution in [2.45, 2.75) is 13.3 Å². The quantitative estimate of drug-likeness (QED) is 0.907. The molecule has 0 bridgehead atoms. The number of anilines is 1. The molecule has 2 aromatic rings. The third kappa shape index (κ3) is 3.35. The van der Waals surface area contributed by atoms with Gasteiger partial charge in [0, 0.05) is 31.7 Å². The van der Waals surface area contributed by atoms with E-state index in [9.17, 15) is 4.79 Å². The van der Waals surface area contributed by atoms with E-state index in [0.717, 1.165) is 24.2 Å². The molecule has 1 N–H and O–H groups in total. The molecule has 0 fully saturated rings. The van der Waals surface area contributed by atoms with Crippen LogP contribution in [0.1, 0.15) is 21.5 Å². The number of carbonyl (C=O) groups is 1. The molecule has 1 aromatic heterocycles. The van der Waals surface area contributed by atoms with Crippen LogP contribution in [0.3, 0.4) is 0 Å². The lowest BCUT2D eigenvalue weighted by Crippen LogP contribution is -2.20. The summed E-state index contributed by atoms with van der Waals surface area (Å²) >= 11 is 0. The maximum absolute atomic E-state index is 11.0. The Bertz CT molecular complexity index is 597. The van der Waals surface area contributed by atoms with Crippen molar-refractivity contribution < 1.29 is 9.90 Å². The molecule has 0 spiro atoms. The number of nitrogens with zero attached hydrogens (tertiary/aromatic N) is 2. The fourth-order valence-electron chi connectivity index (χ4n) is 2.10. The number of aryl methyl sites for hydroxylation is 1. The lowest BCUT2D eigenvalue weighted by atomic mass is 10.1. The minimum Gasteiger partial charge on any atom is -0.478 e. The maximum Gasteiger partial charge on any atom is 0.335 e. The molecule has 4 nitrogen and oxygen atoms in total. The molecule has 0 radical (unpaired) electrons. The highest BCUT2D eigenvalue weighted by Crippen LogP contribution is 2.18. The Kier molecular flexibility index (Phi) is 4.35. The first kappa shape index (κ1) is 14.1. The summed E-state index contributed by atoms with van der Waals surface area (Å²) in [5, 5.41) is 9.03. The number of carboxylic acid groups (broad SMARTS) is 1. The number of hydrogen-bond acceptors (Lipinski definition) is 3. The summed E-state index contributed by atoms with van der Waals surface area (Å²) in [7, 11) is 2.01. The number of hydrogen-bond donors (Lipinski definition) is 1.